The Balaban J connectivity index is 1.63. The number of amides is 2. The van der Waals surface area contributed by atoms with E-state index >= 15 is 0 Å². The topological polar surface area (TPSA) is 109 Å². The summed E-state index contributed by atoms with van der Waals surface area (Å²) in [6.45, 7) is 4.65. The lowest BCUT2D eigenvalue weighted by atomic mass is 10.1. The molecule has 3 rings (SSSR count). The van der Waals surface area contributed by atoms with Gasteiger partial charge in [-0.15, -0.1) is 0 Å². The van der Waals surface area contributed by atoms with E-state index < -0.39 is 6.09 Å². The molecule has 2 heterocycles. The molecule has 33 heavy (non-hydrogen) atoms. The average Bonchev–Trinajstić information content (AvgIpc) is 3.25. The smallest absolute Gasteiger partial charge is 0.407 e. The second-order valence-electron chi connectivity index (χ2n) is 7.73. The van der Waals surface area contributed by atoms with Crippen molar-refractivity contribution >= 4 is 28.7 Å². The number of benzene rings is 1. The Morgan fingerprint density at radius 1 is 1.24 bits per heavy atom. The highest BCUT2D eigenvalue weighted by Crippen LogP contribution is 2.23. The lowest BCUT2D eigenvalue weighted by molar-refractivity contribution is -0.118. The summed E-state index contributed by atoms with van der Waals surface area (Å²) < 4.78 is 10.5. The van der Waals surface area contributed by atoms with Gasteiger partial charge in [0.05, 0.1) is 7.11 Å². The number of fused-ring (bicyclic) bond motifs is 1. The number of nitrogens with zero attached hydrogens (tertiary/aromatic N) is 3. The molecule has 9 nitrogen and oxygen atoms in total. The number of aromatic amines is 1. The fraction of sp³-hybridized carbons (Fsp3) is 0.417. The van der Waals surface area contributed by atoms with Gasteiger partial charge >= 0.3 is 6.09 Å². The van der Waals surface area contributed by atoms with Crippen LogP contribution < -0.4 is 15.0 Å². The summed E-state index contributed by atoms with van der Waals surface area (Å²) in [5.74, 6) is 0.642. The third kappa shape index (κ3) is 6.68. The number of hydrogen-bond acceptors (Lipinski definition) is 6. The normalized spacial score (nSPS) is 11.7. The predicted molar refractivity (Wildman–Crippen MR) is 126 cm³/mol. The van der Waals surface area contributed by atoms with Gasteiger partial charge < -0.3 is 19.7 Å². The number of ether oxygens (including phenoxy) is 2. The Kier molecular flexibility index (Phi) is 8.63. The van der Waals surface area contributed by atoms with E-state index in [-0.39, 0.29) is 12.0 Å². The zero-order valence-corrected chi connectivity index (χ0v) is 19.3. The second kappa shape index (κ2) is 11.8. The first-order valence-electron chi connectivity index (χ1n) is 11.2. The summed E-state index contributed by atoms with van der Waals surface area (Å²) in [6.07, 6.45) is 3.27. The van der Waals surface area contributed by atoms with Crippen molar-refractivity contribution in [2.24, 2.45) is 0 Å². The van der Waals surface area contributed by atoms with E-state index in [4.69, 9.17) is 9.47 Å². The minimum Gasteiger partial charge on any atom is -0.497 e. The molecule has 0 aliphatic heterocycles. The van der Waals surface area contributed by atoms with Crippen molar-refractivity contribution in [2.75, 3.05) is 25.1 Å². The molecule has 1 atom stereocenters. The van der Waals surface area contributed by atoms with Crippen molar-refractivity contribution in [3.63, 3.8) is 0 Å². The van der Waals surface area contributed by atoms with Gasteiger partial charge in [-0.2, -0.15) is 5.10 Å². The fourth-order valence-corrected chi connectivity index (χ4v) is 3.37. The minimum atomic E-state index is -0.441. The molecule has 176 valence electrons. The maximum atomic E-state index is 13.2. The average molecular weight is 454 g/mol. The number of hydrogen-bond donors (Lipinski definition) is 2. The van der Waals surface area contributed by atoms with Gasteiger partial charge in [-0.25, -0.2) is 9.78 Å². The van der Waals surface area contributed by atoms with Crippen LogP contribution in [0.3, 0.4) is 0 Å². The van der Waals surface area contributed by atoms with Crippen LogP contribution in [-0.4, -0.2) is 53.5 Å². The van der Waals surface area contributed by atoms with Gasteiger partial charge in [0.25, 0.3) is 0 Å². The Morgan fingerprint density at radius 2 is 2.09 bits per heavy atom. The summed E-state index contributed by atoms with van der Waals surface area (Å²) in [6, 6.07) is 11.2. The largest absolute Gasteiger partial charge is 0.497 e. The number of nitrogens with one attached hydrogen (secondary N) is 2. The monoisotopic (exact) mass is 453 g/mol. The van der Waals surface area contributed by atoms with Gasteiger partial charge in [0.15, 0.2) is 5.65 Å². The number of carbonyl (C=O) groups excluding carboxylic acids is 2. The molecule has 0 radical (unpaired) electrons. The van der Waals surface area contributed by atoms with Crippen LogP contribution in [-0.2, 0) is 16.0 Å². The highest BCUT2D eigenvalue weighted by atomic mass is 16.6. The van der Waals surface area contributed by atoms with Crippen LogP contribution >= 0.6 is 0 Å². The molecular weight excluding hydrogens is 422 g/mol. The Bertz CT molecular complexity index is 1070. The van der Waals surface area contributed by atoms with Gasteiger partial charge in [-0.3, -0.25) is 9.89 Å². The van der Waals surface area contributed by atoms with Gasteiger partial charge in [-0.05, 0) is 50.5 Å². The highest BCUT2D eigenvalue weighted by Gasteiger charge is 2.18. The van der Waals surface area contributed by atoms with Crippen molar-refractivity contribution in [3.8, 4) is 5.75 Å². The number of pyridine rings is 1. The summed E-state index contributed by atoms with van der Waals surface area (Å²) >= 11 is 0. The van der Waals surface area contributed by atoms with Crippen molar-refractivity contribution < 1.29 is 19.1 Å². The first kappa shape index (κ1) is 24.0. The Morgan fingerprint density at radius 3 is 2.88 bits per heavy atom. The molecule has 1 aromatic carbocycles. The Labute approximate surface area is 193 Å². The first-order valence-corrected chi connectivity index (χ1v) is 11.2. The summed E-state index contributed by atoms with van der Waals surface area (Å²) in [5.41, 5.74) is 2.27. The molecule has 0 aliphatic carbocycles. The molecule has 0 spiro atoms. The van der Waals surface area contributed by atoms with Gasteiger partial charge in [0.1, 0.15) is 11.9 Å². The van der Waals surface area contributed by atoms with E-state index in [2.05, 4.69) is 20.5 Å². The molecule has 2 aromatic heterocycles. The maximum Gasteiger partial charge on any atom is 0.407 e. The Hall–Kier alpha value is -3.62. The van der Waals surface area contributed by atoms with Crippen molar-refractivity contribution in [2.45, 2.75) is 45.6 Å². The lowest BCUT2D eigenvalue weighted by Gasteiger charge is -2.23. The minimum absolute atomic E-state index is 0.0305. The molecule has 2 N–H and O–H groups in total. The van der Waals surface area contributed by atoms with Gasteiger partial charge in [0.2, 0.25) is 5.91 Å². The third-order valence-electron chi connectivity index (χ3n) is 5.37. The molecule has 1 unspecified atom stereocenters. The van der Waals surface area contributed by atoms with E-state index in [0.29, 0.717) is 43.7 Å². The van der Waals surface area contributed by atoms with Crippen LogP contribution in [0.5, 0.6) is 5.75 Å². The molecule has 3 aromatic rings. The maximum absolute atomic E-state index is 13.2. The molecule has 0 saturated carbocycles. The number of alkyl carbamates (subject to hydrolysis) is 1. The van der Waals surface area contributed by atoms with Crippen molar-refractivity contribution in [1.82, 2.24) is 20.5 Å². The molecular formula is C24H31N5O4. The molecule has 2 amide bonds. The fourth-order valence-electron chi connectivity index (χ4n) is 3.37. The lowest BCUT2D eigenvalue weighted by Crippen LogP contribution is -2.35. The number of anilines is 1. The van der Waals surface area contributed by atoms with Crippen LogP contribution in [0.25, 0.3) is 11.0 Å². The number of H-pyrrole nitrogens is 1. The van der Waals surface area contributed by atoms with E-state index in [1.165, 1.54) is 0 Å². The van der Waals surface area contributed by atoms with Crippen LogP contribution in [0.2, 0.25) is 0 Å². The molecule has 0 aliphatic rings. The van der Waals surface area contributed by atoms with Gasteiger partial charge in [-0.1, -0.05) is 13.0 Å². The summed E-state index contributed by atoms with van der Waals surface area (Å²) in [4.78, 5) is 31.0. The van der Waals surface area contributed by atoms with Crippen molar-refractivity contribution in [1.29, 1.82) is 0 Å². The number of aromatic nitrogens is 3. The van der Waals surface area contributed by atoms with E-state index in [9.17, 15) is 9.59 Å². The van der Waals surface area contributed by atoms with Crippen LogP contribution in [0.1, 0.15) is 38.8 Å². The van der Waals surface area contributed by atoms with E-state index in [1.807, 2.05) is 50.2 Å². The zero-order valence-electron chi connectivity index (χ0n) is 19.3. The SMILES string of the molecule is CCC(C)OC(=O)NCCCN(C(=O)CCc1[nH]nc2ncccc12)c1cccc(OC)c1. The quantitative estimate of drug-likeness (QED) is 0.427. The van der Waals surface area contributed by atoms with E-state index in [0.717, 1.165) is 23.2 Å². The third-order valence-corrected chi connectivity index (χ3v) is 5.37. The van der Waals surface area contributed by atoms with Crippen molar-refractivity contribution in [3.05, 3.63) is 48.3 Å². The number of rotatable bonds is 11. The number of methoxy groups -OCH3 is 1. The predicted octanol–water partition coefficient (Wildman–Crippen LogP) is 3.85. The summed E-state index contributed by atoms with van der Waals surface area (Å²) in [5, 5.41) is 10.8. The first-order chi connectivity index (χ1) is 16.0. The standard InChI is InChI=1S/C24H31N5O4/c1-4-17(2)33-24(31)26-14-7-15-29(18-8-5-9-19(16-18)32-3)22(30)12-11-21-20-10-6-13-25-23(20)28-27-21/h5-6,8-10,13,16-17H,4,7,11-12,14-15H2,1-3H3,(H,26,31)(H,25,27,28). The van der Waals surface area contributed by atoms with Crippen LogP contribution in [0.15, 0.2) is 42.6 Å². The zero-order chi connectivity index (χ0) is 23.6. The molecule has 9 heteroatoms. The second-order valence-corrected chi connectivity index (χ2v) is 7.73. The van der Waals surface area contributed by atoms with Crippen LogP contribution in [0.4, 0.5) is 10.5 Å². The molecule has 0 bridgehead atoms. The van der Waals surface area contributed by atoms with Gasteiger partial charge in [0, 0.05) is 48.5 Å². The number of aryl methyl sites for hydroxylation is 1. The van der Waals surface area contributed by atoms with Crippen LogP contribution in [0, 0.1) is 0 Å². The molecule has 0 fully saturated rings. The number of carbonyl (C=O) groups is 2. The summed E-state index contributed by atoms with van der Waals surface area (Å²) in [7, 11) is 1.59. The molecule has 0 saturated heterocycles. The highest BCUT2D eigenvalue weighted by molar-refractivity contribution is 5.94. The van der Waals surface area contributed by atoms with E-state index in [1.54, 1.807) is 18.2 Å².